The van der Waals surface area contributed by atoms with E-state index < -0.39 is 12.1 Å². The topological polar surface area (TPSA) is 158 Å². The first kappa shape index (κ1) is 37.6. The largest absolute Gasteiger partial charge is 0.372 e. The summed E-state index contributed by atoms with van der Waals surface area (Å²) in [7, 11) is 0. The van der Waals surface area contributed by atoms with Gasteiger partial charge in [-0.05, 0) is 78.3 Å². The summed E-state index contributed by atoms with van der Waals surface area (Å²) in [5.41, 5.74) is 13.2. The minimum Gasteiger partial charge on any atom is -0.372 e. The highest BCUT2D eigenvalue weighted by molar-refractivity contribution is 6.06. The summed E-state index contributed by atoms with van der Waals surface area (Å²) in [5.74, 6) is -0.950. The predicted molar refractivity (Wildman–Crippen MR) is 208 cm³/mol. The van der Waals surface area contributed by atoms with Gasteiger partial charge < -0.3 is 21.7 Å². The summed E-state index contributed by atoms with van der Waals surface area (Å²) >= 11 is 0. The van der Waals surface area contributed by atoms with Gasteiger partial charge in [-0.3, -0.25) is 29.3 Å². The fourth-order valence-electron chi connectivity index (χ4n) is 6.76. The molecular weight excluding hydrogens is 667 g/mol. The van der Waals surface area contributed by atoms with Gasteiger partial charge >= 0.3 is 0 Å². The van der Waals surface area contributed by atoms with Gasteiger partial charge in [0, 0.05) is 62.3 Å². The molecule has 0 saturated carbocycles. The molecule has 12 nitrogen and oxygen atoms in total. The van der Waals surface area contributed by atoms with E-state index >= 15 is 0 Å². The minimum absolute atomic E-state index is 0.00962. The molecule has 4 heterocycles. The molecule has 0 spiro atoms. The van der Waals surface area contributed by atoms with Crippen LogP contribution in [0.1, 0.15) is 81.0 Å². The van der Waals surface area contributed by atoms with E-state index in [1.54, 1.807) is 18.1 Å². The zero-order valence-electron chi connectivity index (χ0n) is 30.9. The third-order valence-electron chi connectivity index (χ3n) is 10.1. The average Bonchev–Trinajstić information content (AvgIpc) is 3.60. The third-order valence-corrected chi connectivity index (χ3v) is 10.1. The number of carbonyl (C=O) groups excluding carboxylic acids is 3. The molecule has 5 N–H and O–H groups in total. The van der Waals surface area contributed by atoms with Crippen LogP contribution in [-0.4, -0.2) is 75.2 Å². The van der Waals surface area contributed by atoms with Crippen molar-refractivity contribution in [1.82, 2.24) is 30.5 Å². The van der Waals surface area contributed by atoms with Crippen molar-refractivity contribution in [2.24, 2.45) is 16.8 Å². The first-order valence-electron chi connectivity index (χ1n) is 18.7. The molecule has 2 aliphatic heterocycles. The van der Waals surface area contributed by atoms with Crippen LogP contribution in [0, 0.1) is 5.92 Å². The van der Waals surface area contributed by atoms with Crippen molar-refractivity contribution < 1.29 is 14.4 Å². The second kappa shape index (κ2) is 17.5. The Morgan fingerprint density at radius 1 is 0.925 bits per heavy atom. The standard InChI is InChI=1S/C41H51N9O3/c1-27(2)38(42)40(52)47-28(3)39(51)45-17-6-4-5-7-20-50-41(53)35(31-11-10-29-9-8-18-44-36(29)21-31)22-37(48-50)30-12-14-34(15-13-30)46-26-49-24-32-16-19-43-23-33(32)25-49/h8-16,18-19,21,23,27-28,35,38,46H,4-7,17,20,22,24-26,42H2,1-3H3,(H,45,51)(H,47,52)/t28-,35?,38-/m0/s1. The van der Waals surface area contributed by atoms with Gasteiger partial charge in [-0.1, -0.05) is 57.0 Å². The number of fused-ring (bicyclic) bond motifs is 2. The molecule has 2 aromatic carbocycles. The number of amides is 3. The van der Waals surface area contributed by atoms with Gasteiger partial charge in [0.15, 0.2) is 0 Å². The lowest BCUT2D eigenvalue weighted by Gasteiger charge is -2.30. The van der Waals surface area contributed by atoms with Crippen LogP contribution in [0.15, 0.2) is 84.4 Å². The SMILES string of the molecule is CC(C)[C@H](N)C(=O)N[C@@H](C)C(=O)NCCCCCCN1N=C(c2ccc(NCN3Cc4ccncc4C3)cc2)CC(c2ccc3cccnc3c2)C1=O. The highest BCUT2D eigenvalue weighted by Crippen LogP contribution is 2.31. The van der Waals surface area contributed by atoms with E-state index in [-0.39, 0.29) is 29.6 Å². The van der Waals surface area contributed by atoms with E-state index in [9.17, 15) is 14.4 Å². The lowest BCUT2D eigenvalue weighted by molar-refractivity contribution is -0.133. The number of benzene rings is 2. The number of unbranched alkanes of at least 4 members (excludes halogenated alkanes) is 3. The van der Waals surface area contributed by atoms with Crippen LogP contribution in [0.4, 0.5) is 5.69 Å². The third kappa shape index (κ3) is 9.62. The molecule has 2 aromatic heterocycles. The number of nitrogens with one attached hydrogen (secondary N) is 3. The van der Waals surface area contributed by atoms with Crippen molar-refractivity contribution >= 4 is 40.0 Å². The summed E-state index contributed by atoms with van der Waals surface area (Å²) in [6, 6.07) is 19.1. The highest BCUT2D eigenvalue weighted by Gasteiger charge is 2.33. The number of hydrogen-bond donors (Lipinski definition) is 4. The van der Waals surface area contributed by atoms with Gasteiger partial charge in [0.05, 0.1) is 29.9 Å². The van der Waals surface area contributed by atoms with E-state index in [2.05, 4.69) is 61.2 Å². The van der Waals surface area contributed by atoms with Gasteiger partial charge in [-0.25, -0.2) is 5.01 Å². The molecule has 0 aliphatic carbocycles. The molecule has 0 fully saturated rings. The lowest BCUT2D eigenvalue weighted by atomic mass is 9.88. The maximum absolute atomic E-state index is 13.9. The maximum atomic E-state index is 13.9. The predicted octanol–water partition coefficient (Wildman–Crippen LogP) is 4.90. The second-order valence-electron chi connectivity index (χ2n) is 14.5. The summed E-state index contributed by atoms with van der Waals surface area (Å²) < 4.78 is 0. The number of nitrogens with zero attached hydrogens (tertiary/aromatic N) is 5. The molecule has 53 heavy (non-hydrogen) atoms. The lowest BCUT2D eigenvalue weighted by Crippen LogP contribution is -2.51. The van der Waals surface area contributed by atoms with Crippen LogP contribution in [0.5, 0.6) is 0 Å². The number of aromatic nitrogens is 2. The number of rotatable bonds is 16. The molecule has 278 valence electrons. The van der Waals surface area contributed by atoms with Gasteiger partial charge in [0.2, 0.25) is 11.8 Å². The molecule has 6 rings (SSSR count). The number of carbonyl (C=O) groups is 3. The van der Waals surface area contributed by atoms with E-state index in [0.29, 0.717) is 19.5 Å². The summed E-state index contributed by atoms with van der Waals surface area (Å²) in [4.78, 5) is 49.8. The first-order chi connectivity index (χ1) is 25.7. The van der Waals surface area contributed by atoms with Gasteiger partial charge in [-0.2, -0.15) is 5.10 Å². The van der Waals surface area contributed by atoms with Crippen LogP contribution in [0.2, 0.25) is 0 Å². The Morgan fingerprint density at radius 3 is 2.51 bits per heavy atom. The Balaban J connectivity index is 1.04. The Bertz CT molecular complexity index is 1900. The number of hydrazone groups is 1. The first-order valence-corrected chi connectivity index (χ1v) is 18.7. The van der Waals surface area contributed by atoms with Crippen LogP contribution >= 0.6 is 0 Å². The molecule has 0 saturated heterocycles. The number of anilines is 1. The molecule has 0 bridgehead atoms. The number of hydrogen-bond acceptors (Lipinski definition) is 9. The van der Waals surface area contributed by atoms with Crippen molar-refractivity contribution in [1.29, 1.82) is 0 Å². The van der Waals surface area contributed by atoms with E-state index in [1.807, 2.05) is 56.6 Å². The Labute approximate surface area is 311 Å². The second-order valence-corrected chi connectivity index (χ2v) is 14.5. The Kier molecular flexibility index (Phi) is 12.4. The Hall–Kier alpha value is -5.20. The molecular formula is C41H51N9O3. The summed E-state index contributed by atoms with van der Waals surface area (Å²) in [6.45, 7) is 8.92. The maximum Gasteiger partial charge on any atom is 0.250 e. The van der Waals surface area contributed by atoms with E-state index in [4.69, 9.17) is 10.8 Å². The van der Waals surface area contributed by atoms with Gasteiger partial charge in [0.25, 0.3) is 5.91 Å². The van der Waals surface area contributed by atoms with Gasteiger partial charge in [-0.15, -0.1) is 0 Å². The van der Waals surface area contributed by atoms with Crippen LogP contribution in [0.25, 0.3) is 10.9 Å². The molecule has 12 heteroatoms. The molecule has 3 amide bonds. The molecule has 0 radical (unpaired) electrons. The van der Waals surface area contributed by atoms with Crippen LogP contribution < -0.4 is 21.7 Å². The van der Waals surface area contributed by atoms with E-state index in [0.717, 1.165) is 78.9 Å². The van der Waals surface area contributed by atoms with Crippen LogP contribution in [0.3, 0.4) is 0 Å². The fraction of sp³-hybridized carbons (Fsp3) is 0.415. The summed E-state index contributed by atoms with van der Waals surface area (Å²) in [5, 5.41) is 16.7. The van der Waals surface area contributed by atoms with Crippen molar-refractivity contribution in [3.63, 3.8) is 0 Å². The van der Waals surface area contributed by atoms with Crippen LogP contribution in [-0.2, 0) is 27.5 Å². The number of pyridine rings is 2. The molecule has 3 atom stereocenters. The van der Waals surface area contributed by atoms with Crippen molar-refractivity contribution in [3.8, 4) is 0 Å². The monoisotopic (exact) mass is 717 g/mol. The average molecular weight is 718 g/mol. The molecule has 4 aromatic rings. The summed E-state index contributed by atoms with van der Waals surface area (Å²) in [6.07, 6.45) is 9.40. The Morgan fingerprint density at radius 2 is 1.72 bits per heavy atom. The van der Waals surface area contributed by atoms with Crippen molar-refractivity contribution in [2.45, 2.75) is 84.0 Å². The molecule has 1 unspecified atom stereocenters. The quantitative estimate of drug-likeness (QED) is 0.119. The minimum atomic E-state index is -0.658. The fourth-order valence-corrected chi connectivity index (χ4v) is 6.76. The van der Waals surface area contributed by atoms with Crippen molar-refractivity contribution in [2.75, 3.05) is 25.1 Å². The zero-order valence-corrected chi connectivity index (χ0v) is 30.9. The highest BCUT2D eigenvalue weighted by atomic mass is 16.2. The van der Waals surface area contributed by atoms with Gasteiger partial charge in [0.1, 0.15) is 6.04 Å². The zero-order chi connectivity index (χ0) is 37.3. The van der Waals surface area contributed by atoms with Crippen molar-refractivity contribution in [3.05, 3.63) is 102 Å². The number of nitrogens with two attached hydrogens (primary N) is 1. The molecule has 2 aliphatic rings. The normalized spacial score (nSPS) is 17.0. The smallest absolute Gasteiger partial charge is 0.250 e. The van der Waals surface area contributed by atoms with E-state index in [1.165, 1.54) is 11.1 Å².